The van der Waals surface area contributed by atoms with Gasteiger partial charge < -0.3 is 11.1 Å². The second-order valence-corrected chi connectivity index (χ2v) is 4.34. The van der Waals surface area contributed by atoms with E-state index in [0.29, 0.717) is 6.04 Å². The van der Waals surface area contributed by atoms with Crippen molar-refractivity contribution in [2.24, 2.45) is 11.7 Å². The molecular formula is C10H20N2. The molecule has 2 nitrogen and oxygen atoms in total. The van der Waals surface area contributed by atoms with Gasteiger partial charge >= 0.3 is 0 Å². The summed E-state index contributed by atoms with van der Waals surface area (Å²) in [6, 6.07) is 1.43. The molecule has 0 aromatic carbocycles. The van der Waals surface area contributed by atoms with Gasteiger partial charge in [0, 0.05) is 18.6 Å². The summed E-state index contributed by atoms with van der Waals surface area (Å²) in [5.74, 6) is 0.945. The van der Waals surface area contributed by atoms with E-state index in [-0.39, 0.29) is 0 Å². The zero-order valence-electron chi connectivity index (χ0n) is 7.76. The maximum absolute atomic E-state index is 5.66. The average molecular weight is 168 g/mol. The van der Waals surface area contributed by atoms with Crippen molar-refractivity contribution in [1.29, 1.82) is 0 Å². The summed E-state index contributed by atoms with van der Waals surface area (Å²) in [5.41, 5.74) is 5.66. The Labute approximate surface area is 74.9 Å². The Hall–Kier alpha value is -0.0800. The summed E-state index contributed by atoms with van der Waals surface area (Å²) in [6.45, 7) is 0.826. The number of nitrogens with one attached hydrogen (secondary N) is 1. The minimum absolute atomic E-state index is 0.623. The van der Waals surface area contributed by atoms with Crippen LogP contribution in [0.15, 0.2) is 0 Å². The normalized spacial score (nSPS) is 42.2. The molecule has 12 heavy (non-hydrogen) atoms. The molecule has 0 aromatic rings. The summed E-state index contributed by atoms with van der Waals surface area (Å²) in [4.78, 5) is 0. The third kappa shape index (κ3) is 1.64. The highest BCUT2D eigenvalue weighted by atomic mass is 15.0. The van der Waals surface area contributed by atoms with Gasteiger partial charge in [-0.1, -0.05) is 19.3 Å². The summed E-state index contributed by atoms with van der Waals surface area (Å²) in [6.07, 6.45) is 8.48. The Morgan fingerprint density at radius 2 is 2.00 bits per heavy atom. The molecule has 2 heteroatoms. The lowest BCUT2D eigenvalue weighted by Crippen LogP contribution is -2.35. The van der Waals surface area contributed by atoms with Gasteiger partial charge in [0.15, 0.2) is 0 Å². The largest absolute Gasteiger partial charge is 0.329 e. The van der Waals surface area contributed by atoms with Gasteiger partial charge in [-0.2, -0.15) is 0 Å². The summed E-state index contributed by atoms with van der Waals surface area (Å²) in [5, 5.41) is 3.66. The van der Waals surface area contributed by atoms with Crippen molar-refractivity contribution in [1.82, 2.24) is 5.32 Å². The van der Waals surface area contributed by atoms with Crippen molar-refractivity contribution in [3.8, 4) is 0 Å². The van der Waals surface area contributed by atoms with E-state index in [1.54, 1.807) is 0 Å². The molecule has 0 bridgehead atoms. The van der Waals surface area contributed by atoms with E-state index in [1.165, 1.54) is 38.5 Å². The second kappa shape index (κ2) is 3.75. The van der Waals surface area contributed by atoms with Crippen molar-refractivity contribution in [3.05, 3.63) is 0 Å². The summed E-state index contributed by atoms with van der Waals surface area (Å²) in [7, 11) is 0. The van der Waals surface area contributed by atoms with Crippen molar-refractivity contribution in [3.63, 3.8) is 0 Å². The van der Waals surface area contributed by atoms with Gasteiger partial charge in [-0.15, -0.1) is 0 Å². The predicted molar refractivity (Wildman–Crippen MR) is 51.0 cm³/mol. The van der Waals surface area contributed by atoms with E-state index < -0.39 is 0 Å². The Balaban J connectivity index is 1.92. The molecule has 1 saturated carbocycles. The predicted octanol–water partition coefficient (Wildman–Crippen LogP) is 1.26. The second-order valence-electron chi connectivity index (χ2n) is 4.34. The first-order valence-electron chi connectivity index (χ1n) is 5.36. The highest BCUT2D eigenvalue weighted by molar-refractivity contribution is 4.91. The fourth-order valence-electron chi connectivity index (χ4n) is 2.79. The molecule has 0 aromatic heterocycles. The SMILES string of the molecule is NC[C@H]1C[C@@H]2CCCCC[C@H]2N1. The smallest absolute Gasteiger partial charge is 0.0196 e. The summed E-state index contributed by atoms with van der Waals surface area (Å²) >= 11 is 0. The molecule has 0 spiro atoms. The molecule has 0 unspecified atom stereocenters. The topological polar surface area (TPSA) is 38.0 Å². The van der Waals surface area contributed by atoms with Gasteiger partial charge in [-0.05, 0) is 25.2 Å². The minimum Gasteiger partial charge on any atom is -0.329 e. The zero-order chi connectivity index (χ0) is 8.39. The first-order chi connectivity index (χ1) is 5.90. The molecule has 2 fully saturated rings. The fourth-order valence-corrected chi connectivity index (χ4v) is 2.79. The maximum Gasteiger partial charge on any atom is 0.0196 e. The number of hydrogen-bond acceptors (Lipinski definition) is 2. The molecule has 3 N–H and O–H groups in total. The van der Waals surface area contributed by atoms with Crippen molar-refractivity contribution < 1.29 is 0 Å². The van der Waals surface area contributed by atoms with Gasteiger partial charge in [0.1, 0.15) is 0 Å². The lowest BCUT2D eigenvalue weighted by atomic mass is 9.94. The van der Waals surface area contributed by atoms with E-state index in [1.807, 2.05) is 0 Å². The van der Waals surface area contributed by atoms with Crippen molar-refractivity contribution >= 4 is 0 Å². The van der Waals surface area contributed by atoms with Gasteiger partial charge in [0.05, 0.1) is 0 Å². The lowest BCUT2D eigenvalue weighted by Gasteiger charge is -2.14. The molecule has 1 saturated heterocycles. The number of rotatable bonds is 1. The Bertz CT molecular complexity index is 133. The fraction of sp³-hybridized carbons (Fsp3) is 1.00. The molecule has 0 amide bonds. The lowest BCUT2D eigenvalue weighted by molar-refractivity contribution is 0.424. The van der Waals surface area contributed by atoms with Gasteiger partial charge in [0.2, 0.25) is 0 Å². The Morgan fingerprint density at radius 1 is 1.17 bits per heavy atom. The molecule has 70 valence electrons. The van der Waals surface area contributed by atoms with Crippen LogP contribution in [0.2, 0.25) is 0 Å². The minimum atomic E-state index is 0.623. The van der Waals surface area contributed by atoms with Crippen LogP contribution in [0.25, 0.3) is 0 Å². The first kappa shape index (κ1) is 8.52. The van der Waals surface area contributed by atoms with Crippen molar-refractivity contribution in [2.45, 2.75) is 50.6 Å². The quantitative estimate of drug-likeness (QED) is 0.618. The van der Waals surface area contributed by atoms with Crippen LogP contribution in [0.3, 0.4) is 0 Å². The molecule has 0 radical (unpaired) electrons. The van der Waals surface area contributed by atoms with Crippen LogP contribution in [0, 0.1) is 5.92 Å². The molecule has 1 aliphatic heterocycles. The van der Waals surface area contributed by atoms with E-state index >= 15 is 0 Å². The zero-order valence-corrected chi connectivity index (χ0v) is 7.76. The van der Waals surface area contributed by atoms with Crippen LogP contribution < -0.4 is 11.1 Å². The first-order valence-corrected chi connectivity index (χ1v) is 5.36. The van der Waals surface area contributed by atoms with Crippen LogP contribution in [0.4, 0.5) is 0 Å². The monoisotopic (exact) mass is 168 g/mol. The number of fused-ring (bicyclic) bond motifs is 1. The van der Waals surface area contributed by atoms with Crippen molar-refractivity contribution in [2.75, 3.05) is 6.54 Å². The standard InChI is InChI=1S/C10H20N2/c11-7-9-6-8-4-2-1-3-5-10(8)12-9/h8-10,12H,1-7,11H2/t8-,9+,10+/m0/s1. The maximum atomic E-state index is 5.66. The number of hydrogen-bond donors (Lipinski definition) is 2. The van der Waals surface area contributed by atoms with Gasteiger partial charge in [0.25, 0.3) is 0 Å². The molecule has 1 aliphatic carbocycles. The van der Waals surface area contributed by atoms with E-state index in [4.69, 9.17) is 5.73 Å². The third-order valence-corrected chi connectivity index (χ3v) is 3.48. The molecule has 2 rings (SSSR count). The molecular weight excluding hydrogens is 148 g/mol. The van der Waals surface area contributed by atoms with Crippen LogP contribution in [-0.2, 0) is 0 Å². The van der Waals surface area contributed by atoms with Crippen LogP contribution >= 0.6 is 0 Å². The molecule has 2 aliphatic rings. The average Bonchev–Trinajstić information content (AvgIpc) is 2.37. The molecule has 1 heterocycles. The van der Waals surface area contributed by atoms with Gasteiger partial charge in [-0.25, -0.2) is 0 Å². The van der Waals surface area contributed by atoms with Crippen LogP contribution in [0.5, 0.6) is 0 Å². The van der Waals surface area contributed by atoms with E-state index in [0.717, 1.165) is 18.5 Å². The Morgan fingerprint density at radius 3 is 2.83 bits per heavy atom. The molecule has 3 atom stereocenters. The number of nitrogens with two attached hydrogens (primary N) is 1. The Kier molecular flexibility index (Phi) is 2.66. The van der Waals surface area contributed by atoms with Crippen LogP contribution in [-0.4, -0.2) is 18.6 Å². The van der Waals surface area contributed by atoms with Gasteiger partial charge in [-0.3, -0.25) is 0 Å². The highest BCUT2D eigenvalue weighted by Crippen LogP contribution is 2.31. The van der Waals surface area contributed by atoms with E-state index in [9.17, 15) is 0 Å². The summed E-state index contributed by atoms with van der Waals surface area (Å²) < 4.78 is 0. The highest BCUT2D eigenvalue weighted by Gasteiger charge is 2.32. The van der Waals surface area contributed by atoms with E-state index in [2.05, 4.69) is 5.32 Å². The third-order valence-electron chi connectivity index (χ3n) is 3.48. The van der Waals surface area contributed by atoms with Crippen LogP contribution in [0.1, 0.15) is 38.5 Å².